The fourth-order valence-corrected chi connectivity index (χ4v) is 6.66. The number of para-hydroxylation sites is 2. The van der Waals surface area contributed by atoms with Crippen LogP contribution in [0.4, 0.5) is 0 Å². The molecule has 0 aliphatic carbocycles. The summed E-state index contributed by atoms with van der Waals surface area (Å²) < 4.78 is 24.0. The summed E-state index contributed by atoms with van der Waals surface area (Å²) in [4.78, 5) is 0. The Hall–Kier alpha value is -5.23. The molecule has 0 amide bonds. The summed E-state index contributed by atoms with van der Waals surface area (Å²) in [6.45, 7) is 2.15. The molecular formula is C35H24BN2O3+. The van der Waals surface area contributed by atoms with Crippen LogP contribution in [0.15, 0.2) is 114 Å². The van der Waals surface area contributed by atoms with Crippen molar-refractivity contribution in [1.29, 1.82) is 0 Å². The third-order valence-corrected chi connectivity index (χ3v) is 8.54. The van der Waals surface area contributed by atoms with Crippen molar-refractivity contribution in [2.24, 2.45) is 7.05 Å². The fourth-order valence-electron chi connectivity index (χ4n) is 6.66. The van der Waals surface area contributed by atoms with Gasteiger partial charge in [-0.25, -0.2) is 4.57 Å². The maximum Gasteiger partial charge on any atom is 0.297 e. The van der Waals surface area contributed by atoms with Crippen molar-refractivity contribution in [2.45, 2.75) is 6.92 Å². The molecule has 2 aliphatic heterocycles. The first-order valence-electron chi connectivity index (χ1n) is 13.9. The van der Waals surface area contributed by atoms with Crippen LogP contribution in [0.2, 0.25) is 0 Å². The monoisotopic (exact) mass is 531 g/mol. The molecule has 0 N–H and O–H groups in total. The molecule has 6 heteroatoms. The van der Waals surface area contributed by atoms with E-state index in [2.05, 4.69) is 96.2 Å². The smallest absolute Gasteiger partial charge is 0.297 e. The minimum Gasteiger partial charge on any atom is -0.458 e. The summed E-state index contributed by atoms with van der Waals surface area (Å²) in [7, 11) is 2.08. The van der Waals surface area contributed by atoms with Crippen molar-refractivity contribution < 1.29 is 18.5 Å². The van der Waals surface area contributed by atoms with Gasteiger partial charge in [-0.2, -0.15) is 4.57 Å². The Kier molecular flexibility index (Phi) is 4.49. The van der Waals surface area contributed by atoms with E-state index in [1.165, 1.54) is 0 Å². The predicted octanol–water partition coefficient (Wildman–Crippen LogP) is 5.90. The number of nitrogens with zero attached hydrogens (tertiary/aromatic N) is 2. The van der Waals surface area contributed by atoms with Crippen LogP contribution in [-0.4, -0.2) is 11.3 Å². The molecule has 0 radical (unpaired) electrons. The van der Waals surface area contributed by atoms with E-state index in [1.807, 2.05) is 36.4 Å². The molecule has 194 valence electrons. The Morgan fingerprint density at radius 2 is 1.46 bits per heavy atom. The van der Waals surface area contributed by atoms with Crippen molar-refractivity contribution in [1.82, 2.24) is 4.57 Å². The summed E-state index contributed by atoms with van der Waals surface area (Å²) in [5, 5.41) is 2.11. The summed E-state index contributed by atoms with van der Waals surface area (Å²) in [6, 6.07) is 33.4. The molecule has 9 rings (SSSR count). The van der Waals surface area contributed by atoms with E-state index in [1.54, 1.807) is 0 Å². The Labute approximate surface area is 236 Å². The number of fused-ring (bicyclic) bond motifs is 7. The summed E-state index contributed by atoms with van der Waals surface area (Å²) >= 11 is 0. The Balaban J connectivity index is 1.31. The highest BCUT2D eigenvalue weighted by Crippen LogP contribution is 2.41. The molecular weight excluding hydrogens is 507 g/mol. The highest BCUT2D eigenvalue weighted by Gasteiger charge is 2.40. The van der Waals surface area contributed by atoms with Crippen LogP contribution >= 0.6 is 0 Å². The maximum absolute atomic E-state index is 6.80. The zero-order valence-electron chi connectivity index (χ0n) is 22.6. The molecule has 5 nitrogen and oxygen atoms in total. The first kappa shape index (κ1) is 22.6. The van der Waals surface area contributed by atoms with Gasteiger partial charge in [0.25, 0.3) is 12.5 Å². The van der Waals surface area contributed by atoms with Crippen molar-refractivity contribution >= 4 is 45.0 Å². The third kappa shape index (κ3) is 3.10. The molecule has 2 aromatic heterocycles. The summed E-state index contributed by atoms with van der Waals surface area (Å²) in [6.07, 6.45) is 4.20. The second-order valence-electron chi connectivity index (χ2n) is 10.9. The minimum atomic E-state index is 0.00170. The number of aryl methyl sites for hydroxylation is 2. The molecule has 0 saturated heterocycles. The van der Waals surface area contributed by atoms with Gasteiger partial charge < -0.3 is 13.9 Å². The highest BCUT2D eigenvalue weighted by atomic mass is 16.5. The molecule has 4 heterocycles. The molecule has 41 heavy (non-hydrogen) atoms. The molecule has 0 fully saturated rings. The molecule has 0 bridgehead atoms. The lowest BCUT2D eigenvalue weighted by Crippen LogP contribution is -2.57. The van der Waals surface area contributed by atoms with E-state index in [0.717, 1.165) is 84.0 Å². The number of furan rings is 1. The van der Waals surface area contributed by atoms with Crippen LogP contribution < -0.4 is 30.4 Å². The number of imidazole rings is 1. The van der Waals surface area contributed by atoms with Gasteiger partial charge in [0.2, 0.25) is 0 Å². The summed E-state index contributed by atoms with van der Waals surface area (Å²) in [5.74, 6) is 4.48. The maximum atomic E-state index is 6.80. The van der Waals surface area contributed by atoms with Gasteiger partial charge in [-0.1, -0.05) is 54.6 Å². The molecule has 2 aliphatic rings. The first-order chi connectivity index (χ1) is 20.2. The molecule has 0 atom stereocenters. The van der Waals surface area contributed by atoms with Crippen LogP contribution in [0, 0.1) is 6.92 Å². The van der Waals surface area contributed by atoms with E-state index >= 15 is 0 Å². The van der Waals surface area contributed by atoms with Crippen LogP contribution in [0.1, 0.15) is 5.56 Å². The zero-order valence-corrected chi connectivity index (χ0v) is 22.6. The van der Waals surface area contributed by atoms with Crippen molar-refractivity contribution in [3.8, 4) is 40.1 Å². The fraction of sp³-hybridized carbons (Fsp3) is 0.0571. The quantitative estimate of drug-likeness (QED) is 0.206. The zero-order chi connectivity index (χ0) is 27.2. The number of hydrogen-bond acceptors (Lipinski definition) is 3. The van der Waals surface area contributed by atoms with E-state index < -0.39 is 0 Å². The average molecular weight is 531 g/mol. The number of rotatable bonds is 2. The number of hydrogen-bond donors (Lipinski definition) is 0. The van der Waals surface area contributed by atoms with Crippen LogP contribution in [0.5, 0.6) is 23.0 Å². The second kappa shape index (κ2) is 8.15. The number of ether oxygens (including phenoxy) is 2. The number of aromatic nitrogens is 2. The Bertz CT molecular complexity index is 2200. The predicted molar refractivity (Wildman–Crippen MR) is 162 cm³/mol. The van der Waals surface area contributed by atoms with E-state index in [9.17, 15) is 0 Å². The van der Waals surface area contributed by atoms with E-state index in [-0.39, 0.29) is 6.71 Å². The van der Waals surface area contributed by atoms with Crippen LogP contribution in [-0.2, 0) is 7.05 Å². The SMILES string of the molecule is Cc1ccc2c(oc3cc4c(cc32)Oc2cccc3c2B4c2ccccc2O3)c1-c1n(-c2ccccc2)cc[n+]1C. The van der Waals surface area contributed by atoms with Gasteiger partial charge in [0.15, 0.2) is 5.58 Å². The lowest BCUT2D eigenvalue weighted by atomic mass is 9.35. The second-order valence-corrected chi connectivity index (χ2v) is 10.9. The molecule has 0 unspecified atom stereocenters. The molecule has 0 saturated carbocycles. The molecule has 5 aromatic carbocycles. The summed E-state index contributed by atoms with van der Waals surface area (Å²) in [5.41, 5.74) is 8.35. The van der Waals surface area contributed by atoms with Crippen molar-refractivity contribution in [3.63, 3.8) is 0 Å². The first-order valence-corrected chi connectivity index (χ1v) is 13.9. The van der Waals surface area contributed by atoms with Gasteiger partial charge in [-0.3, -0.25) is 0 Å². The lowest BCUT2D eigenvalue weighted by molar-refractivity contribution is -0.659. The molecule has 0 spiro atoms. The van der Waals surface area contributed by atoms with E-state index in [4.69, 9.17) is 13.9 Å². The van der Waals surface area contributed by atoms with Gasteiger partial charge >= 0.3 is 0 Å². The highest BCUT2D eigenvalue weighted by molar-refractivity contribution is 6.98. The standard InChI is InChI=1S/C35H24BN2O3/c1-21-15-16-23-24-19-31-26(36-25-11-6-7-12-27(25)39-28-13-8-14-29(40-31)33(28)36)20-30(24)41-34(23)32(21)35-37(2)17-18-38(35)22-9-4-3-5-10-22/h3-20H,1-2H3/q+1. The van der Waals surface area contributed by atoms with Crippen LogP contribution in [0.25, 0.3) is 39.0 Å². The van der Waals surface area contributed by atoms with Gasteiger partial charge in [0, 0.05) is 16.2 Å². The van der Waals surface area contributed by atoms with Gasteiger partial charge in [0.05, 0.1) is 7.05 Å². The minimum absolute atomic E-state index is 0.00170. The van der Waals surface area contributed by atoms with Crippen LogP contribution in [0.3, 0.4) is 0 Å². The van der Waals surface area contributed by atoms with Gasteiger partial charge in [-0.15, -0.1) is 0 Å². The normalized spacial score (nSPS) is 13.0. The number of benzene rings is 5. The van der Waals surface area contributed by atoms with Gasteiger partial charge in [-0.05, 0) is 65.9 Å². The third-order valence-electron chi connectivity index (χ3n) is 8.54. The Morgan fingerprint density at radius 3 is 2.32 bits per heavy atom. The van der Waals surface area contributed by atoms with Gasteiger partial charge in [0.1, 0.15) is 52.2 Å². The van der Waals surface area contributed by atoms with E-state index in [0.29, 0.717) is 0 Å². The van der Waals surface area contributed by atoms with Crippen molar-refractivity contribution in [2.75, 3.05) is 0 Å². The van der Waals surface area contributed by atoms with Crippen molar-refractivity contribution in [3.05, 3.63) is 115 Å². The molecule has 7 aromatic rings. The average Bonchev–Trinajstić information content (AvgIpc) is 3.56. The Morgan fingerprint density at radius 1 is 0.707 bits per heavy atom. The topological polar surface area (TPSA) is 40.4 Å². The lowest BCUT2D eigenvalue weighted by Gasteiger charge is -2.32. The largest absolute Gasteiger partial charge is 0.458 e.